The largest absolute Gasteiger partial charge is 0.473 e. The molecule has 7 heteroatoms. The predicted octanol–water partition coefficient (Wildman–Crippen LogP) is 3.76. The first-order valence-electron chi connectivity index (χ1n) is 7.79. The Kier molecular flexibility index (Phi) is 7.01. The van der Waals surface area contributed by atoms with Gasteiger partial charge in [-0.05, 0) is 18.8 Å². The topological polar surface area (TPSA) is 90.2 Å². The van der Waals surface area contributed by atoms with Gasteiger partial charge in [0.05, 0.1) is 11.5 Å². The van der Waals surface area contributed by atoms with Gasteiger partial charge in [0.1, 0.15) is 5.82 Å². The van der Waals surface area contributed by atoms with E-state index in [0.29, 0.717) is 24.9 Å². The highest BCUT2D eigenvalue weighted by Crippen LogP contribution is 2.33. The zero-order valence-corrected chi connectivity index (χ0v) is 14.0. The second-order valence-corrected chi connectivity index (χ2v) is 5.95. The third-order valence-corrected chi connectivity index (χ3v) is 3.03. The van der Waals surface area contributed by atoms with Crippen molar-refractivity contribution in [3.63, 3.8) is 0 Å². The van der Waals surface area contributed by atoms with Gasteiger partial charge < -0.3 is 10.1 Å². The minimum atomic E-state index is -0.479. The summed E-state index contributed by atoms with van der Waals surface area (Å²) in [6, 6.07) is 0. The van der Waals surface area contributed by atoms with Crippen LogP contribution in [0.2, 0.25) is 0 Å². The van der Waals surface area contributed by atoms with Crippen molar-refractivity contribution in [2.75, 3.05) is 18.5 Å². The van der Waals surface area contributed by atoms with Gasteiger partial charge in [0.25, 0.3) is 5.88 Å². The zero-order valence-electron chi connectivity index (χ0n) is 14.0. The second-order valence-electron chi connectivity index (χ2n) is 5.95. The van der Waals surface area contributed by atoms with Crippen molar-refractivity contribution in [2.45, 2.75) is 53.4 Å². The number of hydrogen-bond acceptors (Lipinski definition) is 6. The number of anilines is 1. The Morgan fingerprint density at radius 2 is 1.95 bits per heavy atom. The molecule has 1 N–H and O–H groups in total. The lowest BCUT2D eigenvalue weighted by Crippen LogP contribution is -2.13. The summed E-state index contributed by atoms with van der Waals surface area (Å²) in [6.45, 7) is 11.1. The van der Waals surface area contributed by atoms with Crippen molar-refractivity contribution in [3.05, 3.63) is 15.9 Å². The Hall–Kier alpha value is -1.92. The zero-order chi connectivity index (χ0) is 16.7. The number of rotatable bonds is 9. The van der Waals surface area contributed by atoms with E-state index in [2.05, 4.69) is 29.1 Å². The van der Waals surface area contributed by atoms with Crippen LogP contribution in [0.5, 0.6) is 5.88 Å². The monoisotopic (exact) mass is 310 g/mol. The molecule has 0 radical (unpaired) electrons. The van der Waals surface area contributed by atoms with Crippen LogP contribution in [0.1, 0.15) is 59.2 Å². The smallest absolute Gasteiger partial charge is 0.372 e. The third kappa shape index (κ3) is 5.13. The van der Waals surface area contributed by atoms with Gasteiger partial charge in [-0.2, -0.15) is 4.98 Å². The highest BCUT2D eigenvalue weighted by atomic mass is 16.6. The summed E-state index contributed by atoms with van der Waals surface area (Å²) in [5.41, 5.74) is -0.179. The van der Waals surface area contributed by atoms with Crippen molar-refractivity contribution < 1.29 is 9.66 Å². The third-order valence-electron chi connectivity index (χ3n) is 3.03. The van der Waals surface area contributed by atoms with Crippen LogP contribution in [0.15, 0.2) is 0 Å². The van der Waals surface area contributed by atoms with Crippen LogP contribution in [0.3, 0.4) is 0 Å². The van der Waals surface area contributed by atoms with Gasteiger partial charge in [0, 0.05) is 12.5 Å². The molecule has 0 spiro atoms. The number of hydrogen-bond donors (Lipinski definition) is 1. The molecule has 0 saturated heterocycles. The number of aromatic nitrogens is 2. The molecule has 1 rings (SSSR count). The molecule has 0 bridgehead atoms. The molecule has 7 nitrogen and oxygen atoms in total. The Labute approximate surface area is 131 Å². The van der Waals surface area contributed by atoms with Crippen LogP contribution in [0, 0.1) is 16.0 Å². The molecular formula is C15H26N4O3. The van der Waals surface area contributed by atoms with Crippen molar-refractivity contribution in [1.82, 2.24) is 9.97 Å². The second kappa shape index (κ2) is 8.51. The molecule has 0 unspecified atom stereocenters. The quantitative estimate of drug-likeness (QED) is 0.551. The summed E-state index contributed by atoms with van der Waals surface area (Å²) in [6.07, 6.45) is 1.66. The van der Waals surface area contributed by atoms with E-state index in [9.17, 15) is 10.1 Å². The number of nitrogens with zero attached hydrogens (tertiary/aromatic N) is 3. The van der Waals surface area contributed by atoms with Crippen molar-refractivity contribution in [2.24, 2.45) is 5.92 Å². The molecule has 0 atom stereocenters. The number of ether oxygens (including phenoxy) is 1. The normalized spacial score (nSPS) is 11.0. The summed E-state index contributed by atoms with van der Waals surface area (Å²) >= 11 is 0. The standard InChI is InChI=1S/C15H26N4O3/c1-6-9-22-15-12(19(20)21)14(16-8-7-10(2)3)17-13(18-15)11(4)5/h10-11H,6-9H2,1-5H3,(H,16,17,18). The summed E-state index contributed by atoms with van der Waals surface area (Å²) < 4.78 is 5.47. The van der Waals surface area contributed by atoms with E-state index in [1.54, 1.807) is 0 Å². The van der Waals surface area contributed by atoms with Crippen molar-refractivity contribution >= 4 is 11.5 Å². The molecule has 0 amide bonds. The number of nitrogens with one attached hydrogen (secondary N) is 1. The van der Waals surface area contributed by atoms with Crippen LogP contribution in [-0.2, 0) is 0 Å². The van der Waals surface area contributed by atoms with E-state index < -0.39 is 4.92 Å². The van der Waals surface area contributed by atoms with E-state index in [1.165, 1.54) is 0 Å². The fourth-order valence-corrected chi connectivity index (χ4v) is 1.78. The van der Waals surface area contributed by atoms with Gasteiger partial charge in [0.2, 0.25) is 5.82 Å². The molecule has 22 heavy (non-hydrogen) atoms. The molecule has 0 aliphatic heterocycles. The van der Waals surface area contributed by atoms with Crippen LogP contribution < -0.4 is 10.1 Å². The maximum absolute atomic E-state index is 11.4. The Morgan fingerprint density at radius 1 is 1.27 bits per heavy atom. The van der Waals surface area contributed by atoms with Crippen molar-refractivity contribution in [1.29, 1.82) is 0 Å². The van der Waals surface area contributed by atoms with Crippen LogP contribution in [-0.4, -0.2) is 28.0 Å². The van der Waals surface area contributed by atoms with Crippen LogP contribution in [0.4, 0.5) is 11.5 Å². The van der Waals surface area contributed by atoms with Gasteiger partial charge in [-0.15, -0.1) is 0 Å². The fourth-order valence-electron chi connectivity index (χ4n) is 1.78. The lowest BCUT2D eigenvalue weighted by molar-refractivity contribution is -0.385. The van der Waals surface area contributed by atoms with E-state index >= 15 is 0 Å². The van der Waals surface area contributed by atoms with Gasteiger partial charge in [-0.1, -0.05) is 34.6 Å². The molecule has 1 aromatic rings. The first kappa shape index (κ1) is 18.1. The van der Waals surface area contributed by atoms with E-state index in [0.717, 1.165) is 12.8 Å². The van der Waals surface area contributed by atoms with E-state index in [4.69, 9.17) is 4.74 Å². The Morgan fingerprint density at radius 3 is 2.45 bits per heavy atom. The minimum Gasteiger partial charge on any atom is -0.473 e. The fraction of sp³-hybridized carbons (Fsp3) is 0.733. The van der Waals surface area contributed by atoms with E-state index in [-0.39, 0.29) is 23.3 Å². The van der Waals surface area contributed by atoms with Crippen molar-refractivity contribution in [3.8, 4) is 5.88 Å². The van der Waals surface area contributed by atoms with Gasteiger partial charge in [-0.3, -0.25) is 10.1 Å². The van der Waals surface area contributed by atoms with Gasteiger partial charge in [0.15, 0.2) is 0 Å². The SMILES string of the molecule is CCCOc1nc(C(C)C)nc(NCCC(C)C)c1[N+](=O)[O-]. The molecular weight excluding hydrogens is 284 g/mol. The van der Waals surface area contributed by atoms with Crippen LogP contribution in [0.25, 0.3) is 0 Å². The molecule has 0 aromatic carbocycles. The molecule has 124 valence electrons. The molecule has 0 aliphatic carbocycles. The maximum atomic E-state index is 11.4. The summed E-state index contributed by atoms with van der Waals surface area (Å²) in [7, 11) is 0. The molecule has 0 saturated carbocycles. The molecule has 1 heterocycles. The maximum Gasteiger partial charge on any atom is 0.372 e. The lowest BCUT2D eigenvalue weighted by atomic mass is 10.1. The Bertz CT molecular complexity index is 504. The van der Waals surface area contributed by atoms with Gasteiger partial charge in [-0.25, -0.2) is 4.98 Å². The van der Waals surface area contributed by atoms with E-state index in [1.807, 2.05) is 20.8 Å². The lowest BCUT2D eigenvalue weighted by Gasteiger charge is -2.13. The summed E-state index contributed by atoms with van der Waals surface area (Å²) in [5, 5.41) is 14.5. The number of nitro groups is 1. The summed E-state index contributed by atoms with van der Waals surface area (Å²) in [4.78, 5) is 19.4. The van der Waals surface area contributed by atoms with Gasteiger partial charge >= 0.3 is 5.69 Å². The highest BCUT2D eigenvalue weighted by molar-refractivity contribution is 5.61. The Balaban J connectivity index is 3.17. The predicted molar refractivity (Wildman–Crippen MR) is 86.5 cm³/mol. The van der Waals surface area contributed by atoms with Crippen LogP contribution >= 0.6 is 0 Å². The first-order chi connectivity index (χ1) is 10.4. The highest BCUT2D eigenvalue weighted by Gasteiger charge is 2.27. The minimum absolute atomic E-state index is 0.0533. The average molecular weight is 310 g/mol. The molecule has 0 fully saturated rings. The molecule has 1 aromatic heterocycles. The average Bonchev–Trinajstić information content (AvgIpc) is 2.43. The first-order valence-corrected chi connectivity index (χ1v) is 7.79. The summed E-state index contributed by atoms with van der Waals surface area (Å²) in [5.74, 6) is 1.42. The molecule has 0 aliphatic rings.